The maximum atomic E-state index is 14.5. The van der Waals surface area contributed by atoms with Crippen molar-refractivity contribution in [2.24, 2.45) is 11.8 Å². The van der Waals surface area contributed by atoms with Crippen molar-refractivity contribution < 1.29 is 27.4 Å². The topological polar surface area (TPSA) is 29.5 Å². The molecule has 0 saturated heterocycles. The Bertz CT molecular complexity index is 830. The molecule has 1 N–H and O–H groups in total. The molecule has 0 atom stereocenters. The van der Waals surface area contributed by atoms with E-state index >= 15 is 0 Å². The molecule has 6 heteroatoms. The minimum atomic E-state index is -1.50. The van der Waals surface area contributed by atoms with Crippen LogP contribution in [-0.2, 0) is 0 Å². The van der Waals surface area contributed by atoms with Gasteiger partial charge in [-0.25, -0.2) is 8.78 Å². The zero-order valence-corrected chi connectivity index (χ0v) is 15.8. The molecule has 0 radical (unpaired) electrons. The molecular weight excluding hydrogens is 372 g/mol. The second kappa shape index (κ2) is 8.84. The smallest absolute Gasteiger partial charge is 0.201 e. The van der Waals surface area contributed by atoms with Gasteiger partial charge in [0.1, 0.15) is 0 Å². The molecule has 1 aliphatic carbocycles. The Balaban J connectivity index is 1.70. The fourth-order valence-electron chi connectivity index (χ4n) is 3.90. The number of halogens is 4. The lowest BCUT2D eigenvalue weighted by atomic mass is 9.80. The summed E-state index contributed by atoms with van der Waals surface area (Å²) in [4.78, 5) is 0. The molecule has 1 fully saturated rings. The van der Waals surface area contributed by atoms with E-state index in [2.05, 4.69) is 6.92 Å². The van der Waals surface area contributed by atoms with Crippen molar-refractivity contribution in [1.82, 2.24) is 0 Å². The van der Waals surface area contributed by atoms with E-state index in [1.165, 1.54) is 18.9 Å². The van der Waals surface area contributed by atoms with E-state index in [1.807, 2.05) is 0 Å². The van der Waals surface area contributed by atoms with Gasteiger partial charge in [0.25, 0.3) is 0 Å². The molecule has 0 aliphatic heterocycles. The van der Waals surface area contributed by atoms with Gasteiger partial charge in [-0.15, -0.1) is 0 Å². The first-order valence-electron chi connectivity index (χ1n) is 9.70. The lowest BCUT2D eigenvalue weighted by molar-refractivity contribution is 0.173. The van der Waals surface area contributed by atoms with Gasteiger partial charge in [-0.1, -0.05) is 32.6 Å². The zero-order chi connectivity index (χ0) is 20.3. The Morgan fingerprint density at radius 1 is 0.821 bits per heavy atom. The average Bonchev–Trinajstić information content (AvgIpc) is 2.69. The van der Waals surface area contributed by atoms with Crippen LogP contribution < -0.4 is 4.74 Å². The van der Waals surface area contributed by atoms with Gasteiger partial charge in [-0.3, -0.25) is 0 Å². The first-order chi connectivity index (χ1) is 13.4. The molecule has 0 aromatic heterocycles. The Hall–Kier alpha value is -2.24. The highest BCUT2D eigenvalue weighted by molar-refractivity contribution is 5.67. The monoisotopic (exact) mass is 396 g/mol. The minimum Gasteiger partial charge on any atom is -0.505 e. The molecule has 28 heavy (non-hydrogen) atoms. The first-order valence-corrected chi connectivity index (χ1v) is 9.70. The molecule has 0 unspecified atom stereocenters. The van der Waals surface area contributed by atoms with Crippen LogP contribution in [0.1, 0.15) is 45.4 Å². The van der Waals surface area contributed by atoms with Gasteiger partial charge in [-0.2, -0.15) is 8.78 Å². The molecule has 0 spiro atoms. The van der Waals surface area contributed by atoms with E-state index in [-0.39, 0.29) is 5.75 Å². The molecule has 152 valence electrons. The van der Waals surface area contributed by atoms with Gasteiger partial charge in [0.05, 0.1) is 6.61 Å². The standard InChI is InChI=1S/C22H24F4O2/c1-2-3-13-4-6-14(7-5-13)12-28-18-11-9-16(20(24)22(18)26)15-8-10-17(27)21(25)19(15)23/h8-11,13-14,27H,2-7,12H2,1H3. The number of hydrogen-bond acceptors (Lipinski definition) is 2. The molecule has 2 nitrogen and oxygen atoms in total. The molecule has 1 aliphatic rings. The molecular formula is C22H24F4O2. The third-order valence-electron chi connectivity index (χ3n) is 5.54. The highest BCUT2D eigenvalue weighted by Gasteiger charge is 2.24. The van der Waals surface area contributed by atoms with Crippen molar-refractivity contribution in [2.75, 3.05) is 6.61 Å². The highest BCUT2D eigenvalue weighted by Crippen LogP contribution is 2.35. The number of phenols is 1. The average molecular weight is 396 g/mol. The second-order valence-electron chi connectivity index (χ2n) is 7.49. The molecule has 2 aromatic carbocycles. The Labute approximate surface area is 162 Å². The van der Waals surface area contributed by atoms with Crippen LogP contribution in [-0.4, -0.2) is 11.7 Å². The van der Waals surface area contributed by atoms with Crippen molar-refractivity contribution in [3.8, 4) is 22.6 Å². The molecule has 3 rings (SSSR count). The van der Waals surface area contributed by atoms with Crippen molar-refractivity contribution in [1.29, 1.82) is 0 Å². The van der Waals surface area contributed by atoms with Crippen molar-refractivity contribution in [2.45, 2.75) is 45.4 Å². The predicted octanol–water partition coefficient (Wildman–Crippen LogP) is 6.60. The molecule has 0 bridgehead atoms. The summed E-state index contributed by atoms with van der Waals surface area (Å²) in [5.41, 5.74) is -0.895. The van der Waals surface area contributed by atoms with Crippen LogP contribution in [0.2, 0.25) is 0 Å². The summed E-state index contributed by atoms with van der Waals surface area (Å²) in [6.45, 7) is 2.48. The lowest BCUT2D eigenvalue weighted by Crippen LogP contribution is -2.20. The molecule has 0 heterocycles. The van der Waals surface area contributed by atoms with Crippen LogP contribution >= 0.6 is 0 Å². The van der Waals surface area contributed by atoms with Gasteiger partial charge in [0.15, 0.2) is 23.1 Å². The summed E-state index contributed by atoms with van der Waals surface area (Å²) < 4.78 is 61.9. The van der Waals surface area contributed by atoms with Crippen molar-refractivity contribution >= 4 is 0 Å². The van der Waals surface area contributed by atoms with Crippen molar-refractivity contribution in [3.63, 3.8) is 0 Å². The maximum Gasteiger partial charge on any atom is 0.201 e. The minimum absolute atomic E-state index is 0.239. The predicted molar refractivity (Wildman–Crippen MR) is 99.2 cm³/mol. The SMILES string of the molecule is CCCC1CCC(COc2ccc(-c3ccc(O)c(F)c3F)c(F)c2F)CC1. The Morgan fingerprint density at radius 3 is 2.04 bits per heavy atom. The van der Waals surface area contributed by atoms with Crippen LogP contribution in [0.5, 0.6) is 11.5 Å². The highest BCUT2D eigenvalue weighted by atomic mass is 19.2. The van der Waals surface area contributed by atoms with Crippen LogP contribution in [0.25, 0.3) is 11.1 Å². The number of ether oxygens (including phenoxy) is 1. The summed E-state index contributed by atoms with van der Waals surface area (Å²) in [7, 11) is 0. The maximum absolute atomic E-state index is 14.5. The summed E-state index contributed by atoms with van der Waals surface area (Å²) in [6, 6.07) is 4.27. The summed E-state index contributed by atoms with van der Waals surface area (Å²) >= 11 is 0. The van der Waals surface area contributed by atoms with E-state index in [9.17, 15) is 22.7 Å². The van der Waals surface area contributed by atoms with E-state index < -0.39 is 40.1 Å². The summed E-state index contributed by atoms with van der Waals surface area (Å²) in [6.07, 6.45) is 6.67. The van der Waals surface area contributed by atoms with Crippen LogP contribution in [0.15, 0.2) is 24.3 Å². The van der Waals surface area contributed by atoms with Gasteiger partial charge < -0.3 is 9.84 Å². The lowest BCUT2D eigenvalue weighted by Gasteiger charge is -2.28. The van der Waals surface area contributed by atoms with Crippen LogP contribution in [0.3, 0.4) is 0 Å². The van der Waals surface area contributed by atoms with Gasteiger partial charge in [0.2, 0.25) is 11.6 Å². The molecule has 0 amide bonds. The third-order valence-corrected chi connectivity index (χ3v) is 5.54. The molecule has 2 aromatic rings. The summed E-state index contributed by atoms with van der Waals surface area (Å²) in [5, 5.41) is 9.18. The zero-order valence-electron chi connectivity index (χ0n) is 15.8. The largest absolute Gasteiger partial charge is 0.505 e. The molecule has 1 saturated carbocycles. The normalized spacial score (nSPS) is 19.6. The number of rotatable bonds is 6. The third kappa shape index (κ3) is 4.26. The number of phenolic OH excluding ortho intramolecular Hbond substituents is 1. The van der Waals surface area contributed by atoms with Gasteiger partial charge in [-0.05, 0) is 48.9 Å². The van der Waals surface area contributed by atoms with Gasteiger partial charge >= 0.3 is 0 Å². The first kappa shape index (κ1) is 20.5. The van der Waals surface area contributed by atoms with Gasteiger partial charge in [0, 0.05) is 11.1 Å². The van der Waals surface area contributed by atoms with Crippen molar-refractivity contribution in [3.05, 3.63) is 47.5 Å². The van der Waals surface area contributed by atoms with Crippen LogP contribution in [0.4, 0.5) is 17.6 Å². The van der Waals surface area contributed by atoms with E-state index in [4.69, 9.17) is 4.74 Å². The Morgan fingerprint density at radius 2 is 1.39 bits per heavy atom. The quantitative estimate of drug-likeness (QED) is 0.558. The number of hydrogen-bond donors (Lipinski definition) is 1. The van der Waals surface area contributed by atoms with E-state index in [1.54, 1.807) is 0 Å². The Kier molecular flexibility index (Phi) is 6.47. The number of benzene rings is 2. The fourth-order valence-corrected chi connectivity index (χ4v) is 3.90. The van der Waals surface area contributed by atoms with Crippen LogP contribution in [0, 0.1) is 35.1 Å². The number of aromatic hydroxyl groups is 1. The fraction of sp³-hybridized carbons (Fsp3) is 0.455. The summed E-state index contributed by atoms with van der Waals surface area (Å²) in [5.74, 6) is -5.56. The second-order valence-corrected chi connectivity index (χ2v) is 7.49. The van der Waals surface area contributed by atoms with E-state index in [0.29, 0.717) is 12.5 Å². The van der Waals surface area contributed by atoms with E-state index in [0.717, 1.165) is 49.8 Å².